The van der Waals surface area contributed by atoms with Gasteiger partial charge < -0.3 is 9.88 Å². The van der Waals surface area contributed by atoms with Gasteiger partial charge in [-0.15, -0.1) is 0 Å². The fourth-order valence-electron chi connectivity index (χ4n) is 1.95. The van der Waals surface area contributed by atoms with Crippen molar-refractivity contribution in [3.8, 4) is 0 Å². The van der Waals surface area contributed by atoms with Crippen molar-refractivity contribution < 1.29 is 13.2 Å². The van der Waals surface area contributed by atoms with Gasteiger partial charge in [0.15, 0.2) is 0 Å². The van der Waals surface area contributed by atoms with Gasteiger partial charge in [-0.3, -0.25) is 9.59 Å². The molecule has 104 valence electrons. The number of sulfonamides is 1. The average Bonchev–Trinajstić information content (AvgIpc) is 2.38. The van der Waals surface area contributed by atoms with Crippen molar-refractivity contribution in [2.24, 2.45) is 0 Å². The molecule has 7 nitrogen and oxygen atoms in total. The molecular weight excluding hydrogens is 270 g/mol. The zero-order valence-electron chi connectivity index (χ0n) is 10.5. The Hall–Kier alpha value is -1.67. The second-order valence-electron chi connectivity index (χ2n) is 4.40. The molecule has 0 atom stereocenters. The lowest BCUT2D eigenvalue weighted by Crippen LogP contribution is -2.50. The number of carbonyl (C=O) groups is 1. The summed E-state index contributed by atoms with van der Waals surface area (Å²) in [4.78, 5) is 27.0. The number of nitrogens with zero attached hydrogens (tertiary/aromatic N) is 2. The predicted octanol–water partition coefficient (Wildman–Crippen LogP) is -0.908. The number of hydrogen-bond acceptors (Lipinski definition) is 4. The molecule has 2 heterocycles. The quantitative estimate of drug-likeness (QED) is 0.762. The number of piperazine rings is 1. The van der Waals surface area contributed by atoms with Gasteiger partial charge in [0.1, 0.15) is 0 Å². The lowest BCUT2D eigenvalue weighted by Gasteiger charge is -2.33. The number of hydrogen-bond donors (Lipinski definition) is 1. The highest BCUT2D eigenvalue weighted by molar-refractivity contribution is 7.88. The Morgan fingerprint density at radius 1 is 1.21 bits per heavy atom. The number of rotatable bonds is 2. The number of H-pyrrole nitrogens is 1. The average molecular weight is 285 g/mol. The largest absolute Gasteiger partial charge is 0.336 e. The number of carbonyl (C=O) groups excluding carboxylic acids is 1. The Labute approximate surface area is 110 Å². The van der Waals surface area contributed by atoms with Gasteiger partial charge in [-0.1, -0.05) is 0 Å². The van der Waals surface area contributed by atoms with Crippen LogP contribution in [0.15, 0.2) is 23.1 Å². The Balaban J connectivity index is 2.04. The summed E-state index contributed by atoms with van der Waals surface area (Å²) in [5.74, 6) is -0.204. The first-order chi connectivity index (χ1) is 8.88. The summed E-state index contributed by atoms with van der Waals surface area (Å²) in [6.45, 7) is 1.30. The first kappa shape index (κ1) is 13.8. The van der Waals surface area contributed by atoms with Crippen molar-refractivity contribution in [3.05, 3.63) is 34.2 Å². The van der Waals surface area contributed by atoms with Crippen LogP contribution >= 0.6 is 0 Å². The smallest absolute Gasteiger partial charge is 0.255 e. The van der Waals surface area contributed by atoms with Crippen LogP contribution in [-0.2, 0) is 10.0 Å². The van der Waals surface area contributed by atoms with Crippen LogP contribution in [0, 0.1) is 0 Å². The highest BCUT2D eigenvalue weighted by Crippen LogP contribution is 2.09. The van der Waals surface area contributed by atoms with E-state index in [-0.39, 0.29) is 11.5 Å². The molecule has 1 amide bonds. The summed E-state index contributed by atoms with van der Waals surface area (Å²) in [6, 6.07) is 2.75. The van der Waals surface area contributed by atoms with E-state index < -0.39 is 10.0 Å². The highest BCUT2D eigenvalue weighted by atomic mass is 32.2. The van der Waals surface area contributed by atoms with E-state index in [1.165, 1.54) is 22.6 Å². The topological polar surface area (TPSA) is 90.6 Å². The lowest BCUT2D eigenvalue weighted by atomic mass is 10.2. The molecule has 1 aromatic rings. The maximum absolute atomic E-state index is 12.1. The highest BCUT2D eigenvalue weighted by Gasteiger charge is 2.26. The van der Waals surface area contributed by atoms with E-state index in [2.05, 4.69) is 4.98 Å². The molecule has 0 saturated carbocycles. The molecule has 1 aliphatic rings. The third kappa shape index (κ3) is 3.21. The zero-order chi connectivity index (χ0) is 14.0. The van der Waals surface area contributed by atoms with E-state index in [0.29, 0.717) is 31.7 Å². The fourth-order valence-corrected chi connectivity index (χ4v) is 2.78. The van der Waals surface area contributed by atoms with Gasteiger partial charge >= 0.3 is 0 Å². The summed E-state index contributed by atoms with van der Waals surface area (Å²) in [6.07, 6.45) is 2.53. The van der Waals surface area contributed by atoms with Gasteiger partial charge in [0.2, 0.25) is 15.6 Å². The van der Waals surface area contributed by atoms with Crippen molar-refractivity contribution in [1.29, 1.82) is 0 Å². The van der Waals surface area contributed by atoms with Crippen LogP contribution in [0.2, 0.25) is 0 Å². The summed E-state index contributed by atoms with van der Waals surface area (Å²) in [7, 11) is -3.20. The van der Waals surface area contributed by atoms with Gasteiger partial charge in [-0.05, 0) is 6.07 Å². The van der Waals surface area contributed by atoms with Gasteiger partial charge in [0, 0.05) is 38.4 Å². The van der Waals surface area contributed by atoms with Gasteiger partial charge in [-0.2, -0.15) is 4.31 Å². The maximum atomic E-state index is 12.1. The molecule has 0 radical (unpaired) electrons. The first-order valence-corrected chi connectivity index (χ1v) is 7.66. The second kappa shape index (κ2) is 5.14. The first-order valence-electron chi connectivity index (χ1n) is 5.81. The number of aromatic amines is 1. The van der Waals surface area contributed by atoms with Crippen LogP contribution in [0.1, 0.15) is 10.4 Å². The van der Waals surface area contributed by atoms with E-state index in [4.69, 9.17) is 0 Å². The third-order valence-corrected chi connectivity index (χ3v) is 4.33. The van der Waals surface area contributed by atoms with Gasteiger partial charge in [0.25, 0.3) is 5.91 Å². The Kier molecular flexibility index (Phi) is 3.72. The Bertz CT molecular complexity index is 609. The molecule has 1 fully saturated rings. The van der Waals surface area contributed by atoms with E-state index in [9.17, 15) is 18.0 Å². The van der Waals surface area contributed by atoms with E-state index in [1.54, 1.807) is 4.90 Å². The minimum atomic E-state index is -3.20. The van der Waals surface area contributed by atoms with Crippen molar-refractivity contribution in [2.45, 2.75) is 0 Å². The van der Waals surface area contributed by atoms with E-state index in [1.807, 2.05) is 0 Å². The predicted molar refractivity (Wildman–Crippen MR) is 69.4 cm³/mol. The Morgan fingerprint density at radius 2 is 1.84 bits per heavy atom. The molecule has 0 aliphatic carbocycles. The molecule has 1 aromatic heterocycles. The third-order valence-electron chi connectivity index (χ3n) is 3.03. The molecule has 1 aliphatic heterocycles. The van der Waals surface area contributed by atoms with E-state index in [0.717, 1.165) is 6.26 Å². The second-order valence-corrected chi connectivity index (χ2v) is 6.38. The van der Waals surface area contributed by atoms with Crippen molar-refractivity contribution in [1.82, 2.24) is 14.2 Å². The minimum absolute atomic E-state index is 0.204. The summed E-state index contributed by atoms with van der Waals surface area (Å²) >= 11 is 0. The minimum Gasteiger partial charge on any atom is -0.336 e. The fraction of sp³-hybridized carbons (Fsp3) is 0.455. The molecule has 19 heavy (non-hydrogen) atoms. The monoisotopic (exact) mass is 285 g/mol. The number of amides is 1. The molecule has 2 rings (SSSR count). The number of aromatic nitrogens is 1. The van der Waals surface area contributed by atoms with Crippen molar-refractivity contribution in [3.63, 3.8) is 0 Å². The number of pyridine rings is 1. The lowest BCUT2D eigenvalue weighted by molar-refractivity contribution is 0.0698. The maximum Gasteiger partial charge on any atom is 0.255 e. The zero-order valence-corrected chi connectivity index (χ0v) is 11.3. The molecule has 1 N–H and O–H groups in total. The molecule has 0 aromatic carbocycles. The SMILES string of the molecule is CS(=O)(=O)N1CCN(C(=O)c2ccc(=O)[nH]c2)CC1. The van der Waals surface area contributed by atoms with E-state index >= 15 is 0 Å². The summed E-state index contributed by atoms with van der Waals surface area (Å²) in [5, 5.41) is 0. The number of nitrogens with one attached hydrogen (secondary N) is 1. The molecule has 8 heteroatoms. The van der Waals surface area contributed by atoms with Crippen LogP contribution in [0.4, 0.5) is 0 Å². The molecular formula is C11H15N3O4S. The van der Waals surface area contributed by atoms with Crippen LogP contribution in [-0.4, -0.2) is 60.9 Å². The molecule has 0 bridgehead atoms. The summed E-state index contributed by atoms with van der Waals surface area (Å²) in [5.41, 5.74) is 0.130. The van der Waals surface area contributed by atoms with Crippen LogP contribution in [0.3, 0.4) is 0 Å². The van der Waals surface area contributed by atoms with Crippen LogP contribution < -0.4 is 5.56 Å². The standard InChI is InChI=1S/C11H15N3O4S/c1-19(17,18)14-6-4-13(5-7-14)11(16)9-2-3-10(15)12-8-9/h2-3,8H,4-7H2,1H3,(H,12,15). The van der Waals surface area contributed by atoms with Gasteiger partial charge in [-0.25, -0.2) is 8.42 Å². The van der Waals surface area contributed by atoms with Crippen molar-refractivity contribution in [2.75, 3.05) is 32.4 Å². The normalized spacial score (nSPS) is 17.4. The van der Waals surface area contributed by atoms with Gasteiger partial charge in [0.05, 0.1) is 11.8 Å². The van der Waals surface area contributed by atoms with Crippen molar-refractivity contribution >= 4 is 15.9 Å². The van der Waals surface area contributed by atoms with Crippen LogP contribution in [0.25, 0.3) is 0 Å². The van der Waals surface area contributed by atoms with Crippen LogP contribution in [0.5, 0.6) is 0 Å². The molecule has 1 saturated heterocycles. The summed E-state index contributed by atoms with van der Waals surface area (Å²) < 4.78 is 24.1. The molecule has 0 spiro atoms. The Morgan fingerprint density at radius 3 is 2.32 bits per heavy atom. The molecule has 0 unspecified atom stereocenters.